The summed E-state index contributed by atoms with van der Waals surface area (Å²) < 4.78 is 5.98. The molecule has 2 fully saturated rings. The van der Waals surface area contributed by atoms with Gasteiger partial charge in [0.25, 0.3) is 0 Å². The molecule has 0 saturated carbocycles. The summed E-state index contributed by atoms with van der Waals surface area (Å²) in [4.78, 5) is 26.4. The highest BCUT2D eigenvalue weighted by molar-refractivity contribution is 5.95. The molecule has 0 spiro atoms. The highest BCUT2D eigenvalue weighted by Crippen LogP contribution is 2.34. The van der Waals surface area contributed by atoms with Gasteiger partial charge in [0.15, 0.2) is 0 Å². The highest BCUT2D eigenvalue weighted by Gasteiger charge is 2.43. The van der Waals surface area contributed by atoms with Crippen LogP contribution in [0.5, 0.6) is 0 Å². The number of hydrogen-bond acceptors (Lipinski definition) is 3. The second-order valence-corrected chi connectivity index (χ2v) is 6.64. The fourth-order valence-corrected chi connectivity index (χ4v) is 3.46. The first-order chi connectivity index (χ1) is 9.92. The Morgan fingerprint density at radius 1 is 1.33 bits per heavy atom. The van der Waals surface area contributed by atoms with Gasteiger partial charge in [-0.3, -0.25) is 9.59 Å². The fraction of sp³-hybridized carbons (Fsp3) is 0.875. The van der Waals surface area contributed by atoms with Gasteiger partial charge in [0.2, 0.25) is 11.8 Å². The molecule has 5 heteroatoms. The Hall–Kier alpha value is -1.10. The zero-order valence-corrected chi connectivity index (χ0v) is 13.6. The Labute approximate surface area is 127 Å². The Bertz CT molecular complexity index is 404. The van der Waals surface area contributed by atoms with Crippen LogP contribution in [0.2, 0.25) is 0 Å². The van der Waals surface area contributed by atoms with Gasteiger partial charge in [0.05, 0.1) is 12.1 Å². The van der Waals surface area contributed by atoms with E-state index in [1.54, 1.807) is 4.90 Å². The van der Waals surface area contributed by atoms with E-state index in [9.17, 15) is 9.59 Å². The number of ether oxygens (including phenoxy) is 1. The van der Waals surface area contributed by atoms with Crippen molar-refractivity contribution in [1.29, 1.82) is 0 Å². The summed E-state index contributed by atoms with van der Waals surface area (Å²) >= 11 is 0. The van der Waals surface area contributed by atoms with Gasteiger partial charge in [-0.25, -0.2) is 0 Å². The summed E-state index contributed by atoms with van der Waals surface area (Å²) in [6, 6.07) is -0.259. The van der Waals surface area contributed by atoms with E-state index in [-0.39, 0.29) is 42.0 Å². The van der Waals surface area contributed by atoms with Crippen LogP contribution in [0.4, 0.5) is 0 Å². The summed E-state index contributed by atoms with van der Waals surface area (Å²) in [6.07, 6.45) is 3.55. The Morgan fingerprint density at radius 3 is 2.57 bits per heavy atom. The van der Waals surface area contributed by atoms with Gasteiger partial charge in [-0.1, -0.05) is 27.7 Å². The zero-order valence-electron chi connectivity index (χ0n) is 13.6. The molecule has 2 aliphatic heterocycles. The van der Waals surface area contributed by atoms with Gasteiger partial charge < -0.3 is 15.0 Å². The molecule has 120 valence electrons. The second kappa shape index (κ2) is 6.34. The van der Waals surface area contributed by atoms with Crippen LogP contribution in [-0.2, 0) is 14.3 Å². The van der Waals surface area contributed by atoms with E-state index < -0.39 is 0 Å². The van der Waals surface area contributed by atoms with Crippen molar-refractivity contribution in [2.75, 3.05) is 13.2 Å². The van der Waals surface area contributed by atoms with Crippen LogP contribution in [0.1, 0.15) is 53.4 Å². The predicted molar refractivity (Wildman–Crippen MR) is 80.8 cm³/mol. The number of nitrogens with one attached hydrogen (secondary N) is 1. The van der Waals surface area contributed by atoms with Crippen LogP contribution in [0.25, 0.3) is 0 Å². The maximum Gasteiger partial charge on any atom is 0.246 e. The standard InChI is InChI=1S/C16H28N2O3/c1-5-16(6-2)9-12(7-8-21-16)18-10-13(19)17-14(11(3)4)15(18)20/h11-12,14H,5-10H2,1-4H3,(H,17,19). The largest absolute Gasteiger partial charge is 0.375 e. The molecule has 0 aromatic carbocycles. The molecule has 2 saturated heterocycles. The first-order valence-corrected chi connectivity index (χ1v) is 8.16. The lowest BCUT2D eigenvalue weighted by molar-refractivity contribution is -0.156. The number of amides is 2. The Kier molecular flexibility index (Phi) is 4.91. The minimum Gasteiger partial charge on any atom is -0.375 e. The first kappa shape index (κ1) is 16.3. The van der Waals surface area contributed by atoms with Crippen LogP contribution in [0.15, 0.2) is 0 Å². The third-order valence-electron chi connectivity index (χ3n) is 5.04. The van der Waals surface area contributed by atoms with Crippen LogP contribution in [0.3, 0.4) is 0 Å². The van der Waals surface area contributed by atoms with Crippen LogP contribution >= 0.6 is 0 Å². The van der Waals surface area contributed by atoms with Crippen molar-refractivity contribution in [3.05, 3.63) is 0 Å². The van der Waals surface area contributed by atoms with Crippen LogP contribution < -0.4 is 5.32 Å². The molecule has 21 heavy (non-hydrogen) atoms. The molecule has 2 atom stereocenters. The minimum atomic E-state index is -0.383. The molecular weight excluding hydrogens is 268 g/mol. The quantitative estimate of drug-likeness (QED) is 0.859. The summed E-state index contributed by atoms with van der Waals surface area (Å²) in [6.45, 7) is 9.07. The molecule has 0 bridgehead atoms. The molecule has 2 unspecified atom stereocenters. The number of piperazine rings is 1. The summed E-state index contributed by atoms with van der Waals surface area (Å²) in [7, 11) is 0. The second-order valence-electron chi connectivity index (χ2n) is 6.64. The molecule has 0 aromatic rings. The topological polar surface area (TPSA) is 58.6 Å². The molecule has 0 aromatic heterocycles. The van der Waals surface area contributed by atoms with Gasteiger partial charge in [-0.05, 0) is 31.6 Å². The Balaban J connectivity index is 2.15. The highest BCUT2D eigenvalue weighted by atomic mass is 16.5. The summed E-state index contributed by atoms with van der Waals surface area (Å²) in [5.74, 6) is 0.141. The maximum absolute atomic E-state index is 12.7. The van der Waals surface area contributed by atoms with Crippen molar-refractivity contribution in [1.82, 2.24) is 10.2 Å². The monoisotopic (exact) mass is 296 g/mol. The van der Waals surface area contributed by atoms with E-state index in [4.69, 9.17) is 4.74 Å². The molecule has 2 amide bonds. The van der Waals surface area contributed by atoms with Crippen molar-refractivity contribution >= 4 is 11.8 Å². The minimum absolute atomic E-state index is 0.0432. The number of hydrogen-bond donors (Lipinski definition) is 1. The van der Waals surface area contributed by atoms with E-state index in [2.05, 4.69) is 19.2 Å². The van der Waals surface area contributed by atoms with E-state index in [1.165, 1.54) is 0 Å². The molecular formula is C16H28N2O3. The van der Waals surface area contributed by atoms with Gasteiger partial charge in [0.1, 0.15) is 6.04 Å². The van der Waals surface area contributed by atoms with Gasteiger partial charge in [-0.15, -0.1) is 0 Å². The SMILES string of the molecule is CCC1(CC)CC(N2CC(=O)NC(C(C)C)C2=O)CCO1. The molecule has 0 radical (unpaired) electrons. The molecule has 0 aliphatic carbocycles. The average molecular weight is 296 g/mol. The van der Waals surface area contributed by atoms with Gasteiger partial charge >= 0.3 is 0 Å². The fourth-order valence-electron chi connectivity index (χ4n) is 3.46. The van der Waals surface area contributed by atoms with Crippen molar-refractivity contribution in [2.45, 2.75) is 71.1 Å². The van der Waals surface area contributed by atoms with Crippen LogP contribution in [0, 0.1) is 5.92 Å². The molecule has 2 rings (SSSR count). The summed E-state index contributed by atoms with van der Waals surface area (Å²) in [5.41, 5.74) is -0.134. The van der Waals surface area contributed by atoms with E-state index in [0.717, 1.165) is 25.7 Å². The van der Waals surface area contributed by atoms with Gasteiger partial charge in [-0.2, -0.15) is 0 Å². The number of nitrogens with zero attached hydrogens (tertiary/aromatic N) is 1. The molecule has 5 nitrogen and oxygen atoms in total. The lowest BCUT2D eigenvalue weighted by atomic mass is 9.84. The van der Waals surface area contributed by atoms with Crippen molar-refractivity contribution in [3.63, 3.8) is 0 Å². The third-order valence-corrected chi connectivity index (χ3v) is 5.04. The zero-order chi connectivity index (χ0) is 15.6. The first-order valence-electron chi connectivity index (χ1n) is 8.16. The van der Waals surface area contributed by atoms with Gasteiger partial charge in [0, 0.05) is 12.6 Å². The third kappa shape index (κ3) is 3.23. The molecule has 1 N–H and O–H groups in total. The van der Waals surface area contributed by atoms with Crippen molar-refractivity contribution in [2.24, 2.45) is 5.92 Å². The molecule has 2 aliphatic rings. The number of rotatable bonds is 4. The predicted octanol–water partition coefficient (Wildman–Crippen LogP) is 1.71. The smallest absolute Gasteiger partial charge is 0.246 e. The van der Waals surface area contributed by atoms with Crippen LogP contribution in [-0.4, -0.2) is 47.6 Å². The normalized spacial score (nSPS) is 29.7. The van der Waals surface area contributed by atoms with Crippen molar-refractivity contribution < 1.29 is 14.3 Å². The van der Waals surface area contributed by atoms with E-state index in [1.807, 2.05) is 13.8 Å². The van der Waals surface area contributed by atoms with E-state index in [0.29, 0.717) is 6.61 Å². The average Bonchev–Trinajstić information content (AvgIpc) is 2.49. The Morgan fingerprint density at radius 2 is 2.00 bits per heavy atom. The molecule has 2 heterocycles. The lowest BCUT2D eigenvalue weighted by Gasteiger charge is -2.46. The maximum atomic E-state index is 12.7. The summed E-state index contributed by atoms with van der Waals surface area (Å²) in [5, 5.41) is 2.82. The number of carbonyl (C=O) groups excluding carboxylic acids is 2. The van der Waals surface area contributed by atoms with Crippen molar-refractivity contribution in [3.8, 4) is 0 Å². The lowest BCUT2D eigenvalue weighted by Crippen LogP contribution is -2.63. The number of carbonyl (C=O) groups is 2. The van der Waals surface area contributed by atoms with E-state index >= 15 is 0 Å².